The maximum atomic E-state index is 12.4. The highest BCUT2D eigenvalue weighted by Crippen LogP contribution is 2.21. The van der Waals surface area contributed by atoms with Crippen LogP contribution >= 0.6 is 0 Å². The second-order valence-corrected chi connectivity index (χ2v) is 5.43. The maximum absolute atomic E-state index is 12.4. The lowest BCUT2D eigenvalue weighted by Crippen LogP contribution is -2.14. The fraction of sp³-hybridized carbons (Fsp3) is 0.294. The van der Waals surface area contributed by atoms with E-state index in [1.165, 1.54) is 12.5 Å². The highest BCUT2D eigenvalue weighted by atomic mass is 16.1. The van der Waals surface area contributed by atoms with Crippen LogP contribution in [-0.4, -0.2) is 16.7 Å². The molecule has 0 aliphatic carbocycles. The molecule has 1 heterocycles. The van der Waals surface area contributed by atoms with Crippen LogP contribution in [-0.2, 0) is 0 Å². The number of Topliss-reactive ketones (excluding diaryl/α,β-unsaturated/α-hetero) is 1. The van der Waals surface area contributed by atoms with Gasteiger partial charge in [0.25, 0.3) is 5.91 Å². The lowest BCUT2D eigenvalue weighted by atomic mass is 10.1. The van der Waals surface area contributed by atoms with E-state index in [-0.39, 0.29) is 11.7 Å². The molecule has 0 aliphatic rings. The van der Waals surface area contributed by atoms with Crippen molar-refractivity contribution in [3.63, 3.8) is 0 Å². The van der Waals surface area contributed by atoms with Gasteiger partial charge in [-0.15, -0.1) is 0 Å². The van der Waals surface area contributed by atoms with E-state index in [4.69, 9.17) is 0 Å². The Hall–Kier alpha value is -2.36. The first-order valence-corrected chi connectivity index (χ1v) is 6.90. The first-order chi connectivity index (χ1) is 9.81. The number of carbonyl (C=O) groups is 2. The van der Waals surface area contributed by atoms with Gasteiger partial charge in [0.1, 0.15) is 0 Å². The summed E-state index contributed by atoms with van der Waals surface area (Å²) in [6.45, 7) is 9.11. The van der Waals surface area contributed by atoms with Crippen LogP contribution in [0.4, 0.5) is 5.69 Å². The van der Waals surface area contributed by atoms with Crippen molar-refractivity contribution in [2.75, 3.05) is 5.32 Å². The third-order valence-corrected chi connectivity index (χ3v) is 3.78. The smallest absolute Gasteiger partial charge is 0.257 e. The average Bonchev–Trinajstić information content (AvgIpc) is 2.69. The molecule has 0 unspecified atom stereocenters. The summed E-state index contributed by atoms with van der Waals surface area (Å²) in [6.07, 6.45) is 0. The number of aryl methyl sites for hydroxylation is 3. The lowest BCUT2D eigenvalue weighted by molar-refractivity contribution is 0.101. The Balaban J connectivity index is 2.32. The van der Waals surface area contributed by atoms with E-state index in [0.717, 1.165) is 11.3 Å². The number of aromatic nitrogens is 1. The summed E-state index contributed by atoms with van der Waals surface area (Å²) < 4.78 is 0. The fourth-order valence-corrected chi connectivity index (χ4v) is 2.46. The van der Waals surface area contributed by atoms with Crippen molar-refractivity contribution >= 4 is 17.4 Å². The van der Waals surface area contributed by atoms with Crippen molar-refractivity contribution in [2.24, 2.45) is 0 Å². The van der Waals surface area contributed by atoms with E-state index < -0.39 is 0 Å². The molecule has 0 fully saturated rings. The van der Waals surface area contributed by atoms with Gasteiger partial charge in [0.2, 0.25) is 0 Å². The van der Waals surface area contributed by atoms with Crippen LogP contribution in [0.5, 0.6) is 0 Å². The second kappa shape index (κ2) is 5.56. The average molecular weight is 284 g/mol. The molecule has 0 saturated carbocycles. The van der Waals surface area contributed by atoms with Gasteiger partial charge in [-0.3, -0.25) is 9.59 Å². The fourth-order valence-electron chi connectivity index (χ4n) is 2.46. The predicted octanol–water partition coefficient (Wildman–Crippen LogP) is 3.70. The number of H-pyrrole nitrogens is 1. The van der Waals surface area contributed by atoms with Crippen LogP contribution in [0.2, 0.25) is 0 Å². The zero-order valence-corrected chi connectivity index (χ0v) is 13.0. The first kappa shape index (κ1) is 15.0. The Morgan fingerprint density at radius 3 is 2.24 bits per heavy atom. The molecule has 0 saturated heterocycles. The van der Waals surface area contributed by atoms with Gasteiger partial charge < -0.3 is 10.3 Å². The second-order valence-electron chi connectivity index (χ2n) is 5.43. The Bertz CT molecular complexity index is 727. The standard InChI is InChI=1S/C17H20N2O2/c1-9-6-7-14(8-10(9)2)19-17(21)15-11(3)16(13(5)20)18-12(15)4/h6-8,18H,1-5H3,(H,19,21). The molecule has 21 heavy (non-hydrogen) atoms. The molecule has 1 amide bonds. The largest absolute Gasteiger partial charge is 0.355 e. The molecule has 110 valence electrons. The molecule has 0 bridgehead atoms. The molecule has 4 heteroatoms. The minimum absolute atomic E-state index is 0.0687. The van der Waals surface area contributed by atoms with E-state index in [1.807, 2.05) is 32.0 Å². The summed E-state index contributed by atoms with van der Waals surface area (Å²) in [5, 5.41) is 2.89. The Morgan fingerprint density at radius 1 is 1.05 bits per heavy atom. The quantitative estimate of drug-likeness (QED) is 0.844. The third kappa shape index (κ3) is 2.89. The summed E-state index contributed by atoms with van der Waals surface area (Å²) in [5.74, 6) is -0.266. The van der Waals surface area contributed by atoms with Gasteiger partial charge in [-0.2, -0.15) is 0 Å². The zero-order chi connectivity index (χ0) is 15.7. The molecule has 2 aromatic rings. The van der Waals surface area contributed by atoms with Crippen molar-refractivity contribution in [2.45, 2.75) is 34.6 Å². The van der Waals surface area contributed by atoms with E-state index >= 15 is 0 Å². The SMILES string of the molecule is CC(=O)c1[nH]c(C)c(C(=O)Nc2ccc(C)c(C)c2)c1C. The number of amides is 1. The normalized spacial score (nSPS) is 10.5. The first-order valence-electron chi connectivity index (χ1n) is 6.90. The van der Waals surface area contributed by atoms with Crippen molar-refractivity contribution in [1.82, 2.24) is 4.98 Å². The Morgan fingerprint density at radius 2 is 1.71 bits per heavy atom. The molecule has 2 N–H and O–H groups in total. The van der Waals surface area contributed by atoms with Crippen LogP contribution in [0.25, 0.3) is 0 Å². The van der Waals surface area contributed by atoms with E-state index in [2.05, 4.69) is 10.3 Å². The molecule has 1 aromatic carbocycles. The van der Waals surface area contributed by atoms with Gasteiger partial charge in [0, 0.05) is 18.3 Å². The van der Waals surface area contributed by atoms with Gasteiger partial charge in [-0.05, 0) is 56.5 Å². The molecule has 0 spiro atoms. The molecule has 0 radical (unpaired) electrons. The summed E-state index contributed by atoms with van der Waals surface area (Å²) >= 11 is 0. The zero-order valence-electron chi connectivity index (χ0n) is 13.0. The minimum atomic E-state index is -0.197. The van der Waals surface area contributed by atoms with Crippen LogP contribution < -0.4 is 5.32 Å². The van der Waals surface area contributed by atoms with Crippen molar-refractivity contribution in [1.29, 1.82) is 0 Å². The third-order valence-electron chi connectivity index (χ3n) is 3.78. The van der Waals surface area contributed by atoms with Crippen LogP contribution in [0.3, 0.4) is 0 Å². The van der Waals surface area contributed by atoms with Crippen molar-refractivity contribution in [3.05, 3.63) is 51.8 Å². The molecular weight excluding hydrogens is 264 g/mol. The molecule has 4 nitrogen and oxygen atoms in total. The molecule has 0 atom stereocenters. The summed E-state index contributed by atoms with van der Waals surface area (Å²) in [4.78, 5) is 27.0. The summed E-state index contributed by atoms with van der Waals surface area (Å²) in [5.41, 5.74) is 5.50. The Kier molecular flexibility index (Phi) is 3.98. The van der Waals surface area contributed by atoms with Crippen LogP contribution in [0, 0.1) is 27.7 Å². The molecular formula is C17H20N2O2. The maximum Gasteiger partial charge on any atom is 0.257 e. The Labute approximate surface area is 124 Å². The number of benzene rings is 1. The topological polar surface area (TPSA) is 62.0 Å². The number of nitrogens with one attached hydrogen (secondary N) is 2. The highest BCUT2D eigenvalue weighted by molar-refractivity contribution is 6.08. The number of carbonyl (C=O) groups excluding carboxylic acids is 2. The van der Waals surface area contributed by atoms with Crippen LogP contribution in [0.15, 0.2) is 18.2 Å². The number of rotatable bonds is 3. The van der Waals surface area contributed by atoms with Crippen molar-refractivity contribution in [3.8, 4) is 0 Å². The van der Waals surface area contributed by atoms with E-state index in [0.29, 0.717) is 22.5 Å². The van der Waals surface area contributed by atoms with Crippen LogP contribution in [0.1, 0.15) is 50.2 Å². The number of aromatic amines is 1. The molecule has 0 aliphatic heterocycles. The summed E-state index contributed by atoms with van der Waals surface area (Å²) in [6, 6.07) is 5.79. The number of anilines is 1. The predicted molar refractivity (Wildman–Crippen MR) is 84.1 cm³/mol. The van der Waals surface area contributed by atoms with Gasteiger partial charge in [0.15, 0.2) is 5.78 Å². The van der Waals surface area contributed by atoms with E-state index in [1.54, 1.807) is 13.8 Å². The molecule has 1 aromatic heterocycles. The number of ketones is 1. The highest BCUT2D eigenvalue weighted by Gasteiger charge is 2.20. The monoisotopic (exact) mass is 284 g/mol. The van der Waals surface area contributed by atoms with Gasteiger partial charge in [-0.1, -0.05) is 6.07 Å². The number of hydrogen-bond donors (Lipinski definition) is 2. The van der Waals surface area contributed by atoms with Crippen molar-refractivity contribution < 1.29 is 9.59 Å². The number of hydrogen-bond acceptors (Lipinski definition) is 2. The lowest BCUT2D eigenvalue weighted by Gasteiger charge is -2.08. The van der Waals surface area contributed by atoms with Gasteiger partial charge in [0.05, 0.1) is 11.3 Å². The van der Waals surface area contributed by atoms with Gasteiger partial charge in [-0.25, -0.2) is 0 Å². The minimum Gasteiger partial charge on any atom is -0.355 e. The summed E-state index contributed by atoms with van der Waals surface area (Å²) in [7, 11) is 0. The molecule has 2 rings (SSSR count). The van der Waals surface area contributed by atoms with E-state index in [9.17, 15) is 9.59 Å². The van der Waals surface area contributed by atoms with Gasteiger partial charge >= 0.3 is 0 Å².